The van der Waals surface area contributed by atoms with Crippen LogP contribution in [0.25, 0.3) is 11.0 Å². The number of benzene rings is 1. The maximum absolute atomic E-state index is 13.2. The van der Waals surface area contributed by atoms with Crippen molar-refractivity contribution in [1.29, 1.82) is 0 Å². The van der Waals surface area contributed by atoms with Crippen molar-refractivity contribution in [3.05, 3.63) is 59.9 Å². The Morgan fingerprint density at radius 3 is 2.68 bits per heavy atom. The molecule has 0 atom stereocenters. The van der Waals surface area contributed by atoms with E-state index in [1.165, 1.54) is 12.1 Å². The molecule has 0 saturated carbocycles. The number of rotatable bonds is 6. The van der Waals surface area contributed by atoms with Gasteiger partial charge in [0.25, 0.3) is 0 Å². The lowest BCUT2D eigenvalue weighted by molar-refractivity contribution is -0.131. The Morgan fingerprint density at radius 2 is 1.92 bits per heavy atom. The normalized spacial score (nSPS) is 11.2. The fourth-order valence-corrected chi connectivity index (χ4v) is 2.63. The van der Waals surface area contributed by atoms with E-state index in [9.17, 15) is 9.18 Å². The summed E-state index contributed by atoms with van der Waals surface area (Å²) in [6.07, 6.45) is 3.48. The van der Waals surface area contributed by atoms with Gasteiger partial charge in [-0.05, 0) is 42.9 Å². The van der Waals surface area contributed by atoms with E-state index in [1.54, 1.807) is 30.4 Å². The Morgan fingerprint density at radius 1 is 1.16 bits per heavy atom. The van der Waals surface area contributed by atoms with Crippen LogP contribution in [0.1, 0.15) is 11.4 Å². The molecule has 25 heavy (non-hydrogen) atoms. The van der Waals surface area contributed by atoms with Gasteiger partial charge in [0.2, 0.25) is 5.91 Å². The van der Waals surface area contributed by atoms with Gasteiger partial charge in [0, 0.05) is 26.0 Å². The highest BCUT2D eigenvalue weighted by atomic mass is 19.1. The van der Waals surface area contributed by atoms with E-state index < -0.39 is 0 Å². The fraction of sp³-hybridized carbons (Fsp3) is 0.278. The Balaban J connectivity index is 1.57. The van der Waals surface area contributed by atoms with Gasteiger partial charge in [0.1, 0.15) is 11.6 Å². The summed E-state index contributed by atoms with van der Waals surface area (Å²) in [5, 5.41) is 0. The minimum absolute atomic E-state index is 0.0109. The van der Waals surface area contributed by atoms with Crippen molar-refractivity contribution in [2.45, 2.75) is 13.1 Å². The van der Waals surface area contributed by atoms with Crippen molar-refractivity contribution < 1.29 is 9.18 Å². The van der Waals surface area contributed by atoms with Crippen LogP contribution in [-0.4, -0.2) is 51.3 Å². The lowest BCUT2D eigenvalue weighted by Gasteiger charge is -2.21. The number of nitrogens with one attached hydrogen (secondary N) is 1. The predicted octanol–water partition coefficient (Wildman–Crippen LogP) is 2.19. The lowest BCUT2D eigenvalue weighted by atomic mass is 10.2. The Labute approximate surface area is 145 Å². The van der Waals surface area contributed by atoms with E-state index in [0.29, 0.717) is 36.5 Å². The van der Waals surface area contributed by atoms with Crippen molar-refractivity contribution in [3.8, 4) is 0 Å². The number of aromatic amines is 1. The molecule has 0 bridgehead atoms. The number of amides is 1. The molecule has 0 aliphatic carbocycles. The Bertz CT molecular complexity index is 864. The molecule has 1 aromatic carbocycles. The van der Waals surface area contributed by atoms with E-state index in [4.69, 9.17) is 0 Å². The molecule has 1 N–H and O–H groups in total. The topological polar surface area (TPSA) is 65.1 Å². The number of pyridine rings is 1. The van der Waals surface area contributed by atoms with Crippen molar-refractivity contribution in [2.75, 3.05) is 20.6 Å². The van der Waals surface area contributed by atoms with Crippen LogP contribution in [0.3, 0.4) is 0 Å². The molecule has 0 radical (unpaired) electrons. The van der Waals surface area contributed by atoms with Crippen molar-refractivity contribution in [3.63, 3.8) is 0 Å². The number of hydrogen-bond acceptors (Lipinski definition) is 4. The zero-order valence-electron chi connectivity index (χ0n) is 14.2. The summed E-state index contributed by atoms with van der Waals surface area (Å²) < 4.78 is 13.2. The first-order valence-electron chi connectivity index (χ1n) is 7.97. The Hall–Kier alpha value is -2.80. The molecule has 6 nitrogen and oxygen atoms in total. The molecule has 0 unspecified atom stereocenters. The lowest BCUT2D eigenvalue weighted by Crippen LogP contribution is -2.36. The van der Waals surface area contributed by atoms with Gasteiger partial charge in [-0.15, -0.1) is 0 Å². The van der Waals surface area contributed by atoms with Crippen LogP contribution in [0.15, 0.2) is 42.7 Å². The van der Waals surface area contributed by atoms with Gasteiger partial charge in [0.15, 0.2) is 0 Å². The van der Waals surface area contributed by atoms with Crippen LogP contribution < -0.4 is 0 Å². The third-order valence-electron chi connectivity index (χ3n) is 3.91. The number of imidazole rings is 1. The first kappa shape index (κ1) is 17.0. The quantitative estimate of drug-likeness (QED) is 0.746. The summed E-state index contributed by atoms with van der Waals surface area (Å²) >= 11 is 0. The van der Waals surface area contributed by atoms with Crippen molar-refractivity contribution in [1.82, 2.24) is 24.8 Å². The molecule has 130 valence electrons. The molecule has 0 saturated heterocycles. The highest BCUT2D eigenvalue weighted by Gasteiger charge is 2.14. The van der Waals surface area contributed by atoms with E-state index in [-0.39, 0.29) is 11.7 Å². The Kier molecular flexibility index (Phi) is 5.04. The van der Waals surface area contributed by atoms with Gasteiger partial charge in [-0.3, -0.25) is 14.7 Å². The van der Waals surface area contributed by atoms with E-state index in [1.807, 2.05) is 24.1 Å². The first-order valence-corrected chi connectivity index (χ1v) is 7.97. The van der Waals surface area contributed by atoms with Crippen LogP contribution in [0, 0.1) is 5.82 Å². The standard InChI is InChI=1S/C18H20FN5O/c1-23(10-13-5-7-20-8-6-13)12-18(25)24(2)11-17-21-15-4-3-14(19)9-16(15)22-17/h3-9H,10-12H2,1-2H3,(H,21,22). The maximum Gasteiger partial charge on any atom is 0.236 e. The van der Waals surface area contributed by atoms with Gasteiger partial charge in [-0.1, -0.05) is 0 Å². The average molecular weight is 341 g/mol. The number of carbonyl (C=O) groups is 1. The molecular weight excluding hydrogens is 321 g/mol. The van der Waals surface area contributed by atoms with Gasteiger partial charge in [0.05, 0.1) is 24.1 Å². The number of carbonyl (C=O) groups excluding carboxylic acids is 1. The molecule has 0 aliphatic rings. The summed E-state index contributed by atoms with van der Waals surface area (Å²) in [7, 11) is 3.63. The van der Waals surface area contributed by atoms with Gasteiger partial charge in [-0.2, -0.15) is 0 Å². The number of H-pyrrole nitrogens is 1. The number of hydrogen-bond donors (Lipinski definition) is 1. The number of halogens is 1. The third-order valence-corrected chi connectivity index (χ3v) is 3.91. The predicted molar refractivity (Wildman–Crippen MR) is 93.1 cm³/mol. The van der Waals surface area contributed by atoms with Gasteiger partial charge < -0.3 is 9.88 Å². The SMILES string of the molecule is CN(CC(=O)N(C)Cc1nc2ccc(F)cc2[nH]1)Cc1ccncc1. The molecule has 2 aromatic heterocycles. The van der Waals surface area contributed by atoms with Gasteiger partial charge in [-0.25, -0.2) is 9.37 Å². The number of likely N-dealkylation sites (N-methyl/N-ethyl adjacent to an activating group) is 2. The molecule has 0 aliphatic heterocycles. The van der Waals surface area contributed by atoms with E-state index in [2.05, 4.69) is 15.0 Å². The molecule has 1 amide bonds. The fourth-order valence-electron chi connectivity index (χ4n) is 2.63. The summed E-state index contributed by atoms with van der Waals surface area (Å²) in [5.41, 5.74) is 2.42. The maximum atomic E-state index is 13.2. The second-order valence-corrected chi connectivity index (χ2v) is 6.12. The highest BCUT2D eigenvalue weighted by molar-refractivity contribution is 5.78. The second kappa shape index (κ2) is 7.40. The zero-order chi connectivity index (χ0) is 17.8. The highest BCUT2D eigenvalue weighted by Crippen LogP contribution is 2.14. The van der Waals surface area contributed by atoms with Crippen LogP contribution in [0.5, 0.6) is 0 Å². The molecule has 0 fully saturated rings. The zero-order valence-corrected chi connectivity index (χ0v) is 14.2. The van der Waals surface area contributed by atoms with Crippen LogP contribution in [-0.2, 0) is 17.9 Å². The minimum Gasteiger partial charge on any atom is -0.340 e. The third kappa shape index (κ3) is 4.39. The van der Waals surface area contributed by atoms with Crippen LogP contribution in [0.2, 0.25) is 0 Å². The monoisotopic (exact) mass is 341 g/mol. The largest absolute Gasteiger partial charge is 0.340 e. The summed E-state index contributed by atoms with van der Waals surface area (Å²) in [6.45, 7) is 1.32. The van der Waals surface area contributed by atoms with Gasteiger partial charge >= 0.3 is 0 Å². The summed E-state index contributed by atoms with van der Waals surface area (Å²) in [4.78, 5) is 27.4. The summed E-state index contributed by atoms with van der Waals surface area (Å²) in [6, 6.07) is 8.25. The number of nitrogens with zero attached hydrogens (tertiary/aromatic N) is 4. The average Bonchev–Trinajstić information content (AvgIpc) is 2.96. The van der Waals surface area contributed by atoms with Crippen LogP contribution >= 0.6 is 0 Å². The minimum atomic E-state index is -0.315. The summed E-state index contributed by atoms with van der Waals surface area (Å²) in [5.74, 6) is 0.307. The van der Waals surface area contributed by atoms with E-state index >= 15 is 0 Å². The molecule has 2 heterocycles. The molecule has 3 rings (SSSR count). The van der Waals surface area contributed by atoms with Crippen molar-refractivity contribution >= 4 is 16.9 Å². The molecular formula is C18H20FN5O. The molecule has 0 spiro atoms. The van der Waals surface area contributed by atoms with Crippen molar-refractivity contribution in [2.24, 2.45) is 0 Å². The molecule has 3 aromatic rings. The number of aromatic nitrogens is 3. The first-order chi connectivity index (χ1) is 12.0. The molecule has 7 heteroatoms. The smallest absolute Gasteiger partial charge is 0.236 e. The van der Waals surface area contributed by atoms with E-state index in [0.717, 1.165) is 5.56 Å². The second-order valence-electron chi connectivity index (χ2n) is 6.12. The van der Waals surface area contributed by atoms with Crippen LogP contribution in [0.4, 0.5) is 4.39 Å². The number of fused-ring (bicyclic) bond motifs is 1.